The maximum Gasteiger partial charge on any atom is 0.115 e. The Kier molecular flexibility index (Phi) is 4.51. The van der Waals surface area contributed by atoms with Crippen LogP contribution in [0.1, 0.15) is 37.9 Å². The molecule has 1 aliphatic rings. The molecule has 0 bridgehead atoms. The van der Waals surface area contributed by atoms with Crippen LogP contribution < -0.4 is 5.32 Å². The Morgan fingerprint density at radius 1 is 1.29 bits per heavy atom. The third-order valence-corrected chi connectivity index (χ3v) is 3.82. The van der Waals surface area contributed by atoms with Crippen molar-refractivity contribution in [3.05, 3.63) is 54.1 Å². The first kappa shape index (κ1) is 14.1. The third kappa shape index (κ3) is 3.08. The number of nitrogens with zero attached hydrogens (tertiary/aromatic N) is 1. The normalized spacial score (nSPS) is 16.3. The molecule has 1 aromatic heterocycles. The summed E-state index contributed by atoms with van der Waals surface area (Å²) >= 11 is 0. The molecular weight excluding hydrogens is 260 g/mol. The predicted octanol–water partition coefficient (Wildman–Crippen LogP) is 3.97. The fraction of sp³-hybridized carbons (Fsp3) is 0.389. The molecular formula is C18H22N2O. The lowest BCUT2D eigenvalue weighted by molar-refractivity contribution is 0.167. The first-order valence-corrected chi connectivity index (χ1v) is 7.80. The second kappa shape index (κ2) is 6.72. The molecule has 3 nitrogen and oxygen atoms in total. The van der Waals surface area contributed by atoms with Crippen LogP contribution in [0.5, 0.6) is 0 Å². The maximum atomic E-state index is 5.90. The molecule has 2 heterocycles. The summed E-state index contributed by atoms with van der Waals surface area (Å²) in [5.74, 6) is 1.03. The average Bonchev–Trinajstić information content (AvgIpc) is 2.56. The number of hydrogen-bond acceptors (Lipinski definition) is 3. The predicted molar refractivity (Wildman–Crippen MR) is 86.0 cm³/mol. The third-order valence-electron chi connectivity index (χ3n) is 3.82. The summed E-state index contributed by atoms with van der Waals surface area (Å²) in [6.07, 6.45) is 7.38. The van der Waals surface area contributed by atoms with Crippen molar-refractivity contribution in [1.82, 2.24) is 10.3 Å². The monoisotopic (exact) mass is 282 g/mol. The number of pyridine rings is 1. The lowest BCUT2D eigenvalue weighted by Gasteiger charge is -2.25. The zero-order chi connectivity index (χ0) is 14.5. The number of ether oxygens (including phenoxy) is 1. The number of aromatic nitrogens is 1. The zero-order valence-electron chi connectivity index (χ0n) is 12.5. The van der Waals surface area contributed by atoms with Crippen LogP contribution >= 0.6 is 0 Å². The highest BCUT2D eigenvalue weighted by Gasteiger charge is 2.22. The Balaban J connectivity index is 2.03. The van der Waals surface area contributed by atoms with Gasteiger partial charge < -0.3 is 10.1 Å². The van der Waals surface area contributed by atoms with Crippen molar-refractivity contribution in [2.75, 3.05) is 13.2 Å². The first-order chi connectivity index (χ1) is 10.4. The molecule has 1 unspecified atom stereocenters. The first-order valence-electron chi connectivity index (χ1n) is 7.80. The van der Waals surface area contributed by atoms with Crippen LogP contribution in [0.2, 0.25) is 0 Å². The minimum Gasteiger partial charge on any atom is -0.496 e. The van der Waals surface area contributed by atoms with Gasteiger partial charge in [-0.3, -0.25) is 4.98 Å². The highest BCUT2D eigenvalue weighted by Crippen LogP contribution is 2.29. The Labute approximate surface area is 126 Å². The van der Waals surface area contributed by atoms with Crippen molar-refractivity contribution in [3.8, 4) is 0 Å². The number of fused-ring (bicyclic) bond motifs is 1. The van der Waals surface area contributed by atoms with Crippen LogP contribution in [0.15, 0.2) is 48.4 Å². The molecule has 1 aliphatic heterocycles. The highest BCUT2D eigenvalue weighted by molar-refractivity contribution is 5.84. The zero-order valence-corrected chi connectivity index (χ0v) is 12.5. The Hall–Kier alpha value is -1.87. The van der Waals surface area contributed by atoms with E-state index in [1.807, 2.05) is 6.20 Å². The van der Waals surface area contributed by atoms with Crippen LogP contribution in [-0.4, -0.2) is 18.1 Å². The molecule has 0 spiro atoms. The number of allylic oxidation sites excluding steroid dienone is 1. The van der Waals surface area contributed by atoms with Crippen molar-refractivity contribution in [2.45, 2.75) is 32.2 Å². The summed E-state index contributed by atoms with van der Waals surface area (Å²) in [7, 11) is 0. The van der Waals surface area contributed by atoms with Gasteiger partial charge in [-0.05, 0) is 43.3 Å². The minimum atomic E-state index is 0.0522. The quantitative estimate of drug-likeness (QED) is 0.901. The van der Waals surface area contributed by atoms with Crippen molar-refractivity contribution in [1.29, 1.82) is 0 Å². The number of hydrogen-bond donors (Lipinski definition) is 1. The maximum absolute atomic E-state index is 5.90. The van der Waals surface area contributed by atoms with Gasteiger partial charge in [0.1, 0.15) is 11.8 Å². The molecule has 0 radical (unpaired) electrons. The van der Waals surface area contributed by atoms with Gasteiger partial charge in [0.15, 0.2) is 0 Å². The average molecular weight is 282 g/mol. The number of rotatable bonds is 5. The summed E-state index contributed by atoms with van der Waals surface area (Å²) in [4.78, 5) is 4.65. The molecule has 3 rings (SSSR count). The molecule has 1 atom stereocenters. The smallest absolute Gasteiger partial charge is 0.115 e. The molecule has 21 heavy (non-hydrogen) atoms. The van der Waals surface area contributed by atoms with Gasteiger partial charge in [-0.2, -0.15) is 0 Å². The van der Waals surface area contributed by atoms with E-state index in [0.717, 1.165) is 43.9 Å². The summed E-state index contributed by atoms with van der Waals surface area (Å²) in [6, 6.07) is 10.5. The van der Waals surface area contributed by atoms with Gasteiger partial charge in [-0.15, -0.1) is 0 Å². The highest BCUT2D eigenvalue weighted by atomic mass is 16.5. The summed E-state index contributed by atoms with van der Waals surface area (Å²) in [5.41, 5.74) is 1.06. The van der Waals surface area contributed by atoms with Crippen LogP contribution in [0, 0.1) is 0 Å². The van der Waals surface area contributed by atoms with Gasteiger partial charge in [-0.1, -0.05) is 31.2 Å². The lowest BCUT2D eigenvalue weighted by Crippen LogP contribution is -2.27. The second-order valence-corrected chi connectivity index (χ2v) is 5.40. The van der Waals surface area contributed by atoms with E-state index in [4.69, 9.17) is 4.74 Å². The van der Waals surface area contributed by atoms with Gasteiger partial charge in [0.05, 0.1) is 12.3 Å². The number of benzene rings is 1. The number of nitrogens with one attached hydrogen (secondary N) is 1. The molecule has 1 aromatic carbocycles. The van der Waals surface area contributed by atoms with Crippen LogP contribution in [0.4, 0.5) is 0 Å². The molecule has 2 aromatic rings. The standard InChI is InChI=1S/C18H22N2O/c1-2-11-19-18(16-9-5-6-13-21-16)17-15-8-4-3-7-14(15)10-12-20-17/h3-4,7-10,12,18-19H,2,5-6,11,13H2,1H3. The van der Waals surface area contributed by atoms with E-state index in [-0.39, 0.29) is 6.04 Å². The van der Waals surface area contributed by atoms with Gasteiger partial charge in [0, 0.05) is 11.6 Å². The lowest BCUT2D eigenvalue weighted by atomic mass is 10.0. The van der Waals surface area contributed by atoms with Gasteiger partial charge >= 0.3 is 0 Å². The second-order valence-electron chi connectivity index (χ2n) is 5.40. The van der Waals surface area contributed by atoms with E-state index in [2.05, 4.69) is 53.6 Å². The largest absolute Gasteiger partial charge is 0.496 e. The van der Waals surface area contributed by atoms with E-state index >= 15 is 0 Å². The van der Waals surface area contributed by atoms with Gasteiger partial charge in [-0.25, -0.2) is 0 Å². The van der Waals surface area contributed by atoms with Gasteiger partial charge in [0.2, 0.25) is 0 Å². The topological polar surface area (TPSA) is 34.1 Å². The Bertz CT molecular complexity index is 631. The fourth-order valence-electron chi connectivity index (χ4n) is 2.77. The Morgan fingerprint density at radius 3 is 3.00 bits per heavy atom. The Morgan fingerprint density at radius 2 is 2.19 bits per heavy atom. The van der Waals surface area contributed by atoms with E-state index < -0.39 is 0 Å². The molecule has 0 saturated carbocycles. The van der Waals surface area contributed by atoms with Crippen molar-refractivity contribution < 1.29 is 4.74 Å². The molecule has 1 N–H and O–H groups in total. The van der Waals surface area contributed by atoms with E-state index in [9.17, 15) is 0 Å². The van der Waals surface area contributed by atoms with Crippen LogP contribution in [0.25, 0.3) is 10.8 Å². The van der Waals surface area contributed by atoms with E-state index in [1.54, 1.807) is 0 Å². The molecule has 0 aliphatic carbocycles. The van der Waals surface area contributed by atoms with E-state index in [0.29, 0.717) is 0 Å². The van der Waals surface area contributed by atoms with E-state index in [1.165, 1.54) is 10.8 Å². The summed E-state index contributed by atoms with van der Waals surface area (Å²) in [6.45, 7) is 3.94. The minimum absolute atomic E-state index is 0.0522. The van der Waals surface area contributed by atoms with Crippen molar-refractivity contribution >= 4 is 10.8 Å². The van der Waals surface area contributed by atoms with Crippen molar-refractivity contribution in [3.63, 3.8) is 0 Å². The SMILES string of the molecule is CCCNC(C1=CCCCO1)c1nccc2ccccc12. The fourth-order valence-corrected chi connectivity index (χ4v) is 2.77. The molecule has 0 fully saturated rings. The van der Waals surface area contributed by atoms with Gasteiger partial charge in [0.25, 0.3) is 0 Å². The molecule has 0 saturated heterocycles. The van der Waals surface area contributed by atoms with Crippen molar-refractivity contribution in [2.24, 2.45) is 0 Å². The van der Waals surface area contributed by atoms with Crippen LogP contribution in [0.3, 0.4) is 0 Å². The summed E-state index contributed by atoms with van der Waals surface area (Å²) < 4.78 is 5.90. The molecule has 3 heteroatoms. The molecule has 0 amide bonds. The summed E-state index contributed by atoms with van der Waals surface area (Å²) in [5, 5.41) is 6.01. The van der Waals surface area contributed by atoms with Crippen LogP contribution in [-0.2, 0) is 4.74 Å². The molecule has 110 valence electrons.